The fourth-order valence-electron chi connectivity index (χ4n) is 0.194. The maximum absolute atomic E-state index is 5.18. The smallest absolute Gasteiger partial charge is 0.00429 e. The molecule has 0 saturated carbocycles. The second kappa shape index (κ2) is 5.57. The Morgan fingerprint density at radius 2 is 2.14 bits per heavy atom. The van der Waals surface area contributed by atoms with E-state index in [1.165, 1.54) is 5.54 Å². The molecule has 0 fully saturated rings. The largest absolute Gasteiger partial charge is 0.394 e. The first-order chi connectivity index (χ1) is 3.41. The summed E-state index contributed by atoms with van der Waals surface area (Å²) in [5.74, 6) is 0. The average molecular weight is 118 g/mol. The number of allylic oxidation sites excluding steroid dienone is 2. The SMILES string of the molecule is CN/C=C/C=C/Cl. The van der Waals surface area contributed by atoms with Gasteiger partial charge in [-0.2, -0.15) is 0 Å². The van der Waals surface area contributed by atoms with Crippen LogP contribution >= 0.6 is 11.6 Å². The molecule has 0 amide bonds. The molecule has 0 bridgehead atoms. The second-order valence-electron chi connectivity index (χ2n) is 0.966. The van der Waals surface area contributed by atoms with Gasteiger partial charge in [-0.1, -0.05) is 11.6 Å². The molecule has 1 nitrogen and oxygen atoms in total. The van der Waals surface area contributed by atoms with Crippen molar-refractivity contribution >= 4 is 11.6 Å². The lowest BCUT2D eigenvalue weighted by atomic mass is 10.6. The van der Waals surface area contributed by atoms with Gasteiger partial charge in [0.25, 0.3) is 0 Å². The normalized spacial score (nSPS) is 11.1. The Hall–Kier alpha value is -0.430. The molecule has 0 aliphatic heterocycles. The van der Waals surface area contributed by atoms with Gasteiger partial charge >= 0.3 is 0 Å². The summed E-state index contributed by atoms with van der Waals surface area (Å²) in [4.78, 5) is 0. The van der Waals surface area contributed by atoms with Crippen LogP contribution in [0.5, 0.6) is 0 Å². The maximum Gasteiger partial charge on any atom is 0.00429 e. The molecule has 2 heteroatoms. The molecule has 40 valence electrons. The van der Waals surface area contributed by atoms with E-state index in [2.05, 4.69) is 5.32 Å². The Morgan fingerprint density at radius 1 is 1.43 bits per heavy atom. The van der Waals surface area contributed by atoms with Gasteiger partial charge in [0.1, 0.15) is 0 Å². The van der Waals surface area contributed by atoms with Crippen LogP contribution < -0.4 is 5.32 Å². The van der Waals surface area contributed by atoms with E-state index in [-0.39, 0.29) is 0 Å². The molecule has 0 atom stereocenters. The fraction of sp³-hybridized carbons (Fsp3) is 0.200. The molecule has 0 aliphatic carbocycles. The minimum absolute atomic E-state index is 1.45. The molecule has 0 saturated heterocycles. The van der Waals surface area contributed by atoms with Gasteiger partial charge in [0.05, 0.1) is 0 Å². The van der Waals surface area contributed by atoms with Crippen LogP contribution in [0.3, 0.4) is 0 Å². The van der Waals surface area contributed by atoms with Crippen LogP contribution in [0.15, 0.2) is 23.9 Å². The molecule has 0 aromatic rings. The standard InChI is InChI=1S/C5H8ClN/c1-7-5-3-2-4-6/h2-5,7H,1H3/b4-2+,5-3+. The van der Waals surface area contributed by atoms with Crippen molar-refractivity contribution in [2.45, 2.75) is 0 Å². The highest BCUT2D eigenvalue weighted by atomic mass is 35.5. The summed E-state index contributed by atoms with van der Waals surface area (Å²) < 4.78 is 0. The Bertz CT molecular complexity index is 76.1. The molecule has 0 heterocycles. The first kappa shape index (κ1) is 6.57. The third-order valence-corrected chi connectivity index (χ3v) is 0.592. The Kier molecular flexibility index (Phi) is 5.23. The van der Waals surface area contributed by atoms with Gasteiger partial charge in [0.2, 0.25) is 0 Å². The third-order valence-electron chi connectivity index (χ3n) is 0.447. The van der Waals surface area contributed by atoms with E-state index in [1.807, 2.05) is 13.1 Å². The van der Waals surface area contributed by atoms with Crippen molar-refractivity contribution in [3.8, 4) is 0 Å². The van der Waals surface area contributed by atoms with E-state index in [0.29, 0.717) is 0 Å². The Balaban J connectivity index is 3.09. The molecular weight excluding hydrogens is 110 g/mol. The number of hydrogen-bond donors (Lipinski definition) is 1. The molecule has 0 aliphatic rings. The molecule has 0 aromatic carbocycles. The first-order valence-corrected chi connectivity index (χ1v) is 2.44. The topological polar surface area (TPSA) is 12.0 Å². The predicted octanol–water partition coefficient (Wildman–Crippen LogP) is 1.47. The van der Waals surface area contributed by atoms with Crippen LogP contribution in [-0.4, -0.2) is 7.05 Å². The minimum atomic E-state index is 1.45. The lowest BCUT2D eigenvalue weighted by Crippen LogP contribution is -1.89. The van der Waals surface area contributed by atoms with Gasteiger partial charge < -0.3 is 5.32 Å². The highest BCUT2D eigenvalue weighted by molar-refractivity contribution is 6.25. The van der Waals surface area contributed by atoms with Gasteiger partial charge in [0.15, 0.2) is 0 Å². The monoisotopic (exact) mass is 117 g/mol. The van der Waals surface area contributed by atoms with E-state index in [0.717, 1.165) is 0 Å². The summed E-state index contributed by atoms with van der Waals surface area (Å²) in [6.45, 7) is 0. The van der Waals surface area contributed by atoms with Crippen LogP contribution in [-0.2, 0) is 0 Å². The lowest BCUT2D eigenvalue weighted by Gasteiger charge is -1.77. The summed E-state index contributed by atoms with van der Waals surface area (Å²) in [5, 5.41) is 2.81. The highest BCUT2D eigenvalue weighted by Gasteiger charge is 1.55. The van der Waals surface area contributed by atoms with E-state index >= 15 is 0 Å². The van der Waals surface area contributed by atoms with Gasteiger partial charge in [-0.15, -0.1) is 0 Å². The fourth-order valence-corrected chi connectivity index (χ4v) is 0.278. The zero-order valence-electron chi connectivity index (χ0n) is 4.19. The zero-order chi connectivity index (χ0) is 5.54. The summed E-state index contributed by atoms with van der Waals surface area (Å²) in [7, 11) is 1.83. The summed E-state index contributed by atoms with van der Waals surface area (Å²) in [5.41, 5.74) is 1.45. The van der Waals surface area contributed by atoms with Crippen molar-refractivity contribution in [3.05, 3.63) is 23.9 Å². The quantitative estimate of drug-likeness (QED) is 0.540. The van der Waals surface area contributed by atoms with Crippen LogP contribution in [0.25, 0.3) is 0 Å². The van der Waals surface area contributed by atoms with Gasteiger partial charge in [-0.05, 0) is 18.4 Å². The second-order valence-corrected chi connectivity index (χ2v) is 1.22. The van der Waals surface area contributed by atoms with Crippen molar-refractivity contribution in [3.63, 3.8) is 0 Å². The minimum Gasteiger partial charge on any atom is -0.394 e. The molecular formula is C5H8ClN. The molecule has 0 aromatic heterocycles. The van der Waals surface area contributed by atoms with Crippen molar-refractivity contribution in [1.82, 2.24) is 5.32 Å². The van der Waals surface area contributed by atoms with Crippen molar-refractivity contribution in [2.75, 3.05) is 7.05 Å². The van der Waals surface area contributed by atoms with Crippen molar-refractivity contribution in [2.24, 2.45) is 0 Å². The van der Waals surface area contributed by atoms with E-state index in [4.69, 9.17) is 11.6 Å². The zero-order valence-corrected chi connectivity index (χ0v) is 4.94. The van der Waals surface area contributed by atoms with Crippen LogP contribution in [0, 0.1) is 0 Å². The number of hydrogen-bond acceptors (Lipinski definition) is 1. The number of nitrogens with one attached hydrogen (secondary N) is 1. The van der Waals surface area contributed by atoms with Crippen molar-refractivity contribution < 1.29 is 0 Å². The maximum atomic E-state index is 5.18. The predicted molar refractivity (Wildman–Crippen MR) is 33.2 cm³/mol. The molecule has 0 radical (unpaired) electrons. The van der Waals surface area contributed by atoms with E-state index in [1.54, 1.807) is 12.3 Å². The Morgan fingerprint density at radius 3 is 2.57 bits per heavy atom. The van der Waals surface area contributed by atoms with E-state index in [9.17, 15) is 0 Å². The van der Waals surface area contributed by atoms with Gasteiger partial charge in [-0.25, -0.2) is 0 Å². The Labute approximate surface area is 48.7 Å². The average Bonchev–Trinajstić information content (AvgIpc) is 1.69. The highest BCUT2D eigenvalue weighted by Crippen LogP contribution is 1.77. The molecule has 0 unspecified atom stereocenters. The first-order valence-electron chi connectivity index (χ1n) is 2.01. The van der Waals surface area contributed by atoms with Crippen LogP contribution in [0.1, 0.15) is 0 Å². The van der Waals surface area contributed by atoms with Gasteiger partial charge in [-0.3, -0.25) is 0 Å². The molecule has 0 spiro atoms. The van der Waals surface area contributed by atoms with Gasteiger partial charge in [0, 0.05) is 12.6 Å². The van der Waals surface area contributed by atoms with E-state index < -0.39 is 0 Å². The summed E-state index contributed by atoms with van der Waals surface area (Å²) >= 11 is 5.18. The molecule has 0 rings (SSSR count). The molecule has 7 heavy (non-hydrogen) atoms. The molecule has 1 N–H and O–H groups in total. The lowest BCUT2D eigenvalue weighted by molar-refractivity contribution is 1.10. The van der Waals surface area contributed by atoms with Crippen LogP contribution in [0.2, 0.25) is 0 Å². The summed E-state index contributed by atoms with van der Waals surface area (Å²) in [6.07, 6.45) is 5.34. The number of halogens is 1. The van der Waals surface area contributed by atoms with Crippen LogP contribution in [0.4, 0.5) is 0 Å². The third kappa shape index (κ3) is 5.57. The summed E-state index contributed by atoms with van der Waals surface area (Å²) in [6, 6.07) is 0. The van der Waals surface area contributed by atoms with Crippen molar-refractivity contribution in [1.29, 1.82) is 0 Å². The number of rotatable bonds is 2.